The van der Waals surface area contributed by atoms with Crippen LogP contribution in [-0.4, -0.2) is 22.3 Å². The van der Waals surface area contributed by atoms with Gasteiger partial charge in [-0.25, -0.2) is 0 Å². The minimum absolute atomic E-state index is 0.305. The molecule has 0 aliphatic heterocycles. The molecule has 122 valence electrons. The number of carbonyl (C=O) groups is 1. The third-order valence-electron chi connectivity index (χ3n) is 3.43. The average molecular weight is 296 g/mol. The highest BCUT2D eigenvalue weighted by atomic mass is 16.4. The standard InChI is InChI=1S/C18H32O3/c1-2-14-17(19)15-12-10-8-6-4-3-5-7-9-11-13-16-18(20)21/h8,10,12,15,17,19H,2-7,9,11,13-14,16H2,1H3,(H,20,21)/b10-8+,15-12-/t17-/m0/s1. The summed E-state index contributed by atoms with van der Waals surface area (Å²) >= 11 is 0. The molecule has 0 radical (unpaired) electrons. The molecule has 3 nitrogen and oxygen atoms in total. The van der Waals surface area contributed by atoms with Gasteiger partial charge in [-0.1, -0.05) is 69.8 Å². The van der Waals surface area contributed by atoms with Crippen LogP contribution in [0.25, 0.3) is 0 Å². The first kappa shape index (κ1) is 19.9. The zero-order valence-electron chi connectivity index (χ0n) is 13.5. The van der Waals surface area contributed by atoms with E-state index in [-0.39, 0.29) is 6.10 Å². The summed E-state index contributed by atoms with van der Waals surface area (Å²) in [6.45, 7) is 2.07. The molecule has 0 saturated carbocycles. The third kappa shape index (κ3) is 16.9. The number of aliphatic hydroxyl groups excluding tert-OH is 1. The molecule has 21 heavy (non-hydrogen) atoms. The molecule has 0 aromatic heterocycles. The summed E-state index contributed by atoms with van der Waals surface area (Å²) in [5.41, 5.74) is 0. The van der Waals surface area contributed by atoms with E-state index in [1.165, 1.54) is 25.7 Å². The van der Waals surface area contributed by atoms with E-state index in [2.05, 4.69) is 13.0 Å². The minimum atomic E-state index is -0.682. The Bertz CT molecular complexity index is 295. The molecule has 0 bridgehead atoms. The summed E-state index contributed by atoms with van der Waals surface area (Å²) in [6, 6.07) is 0. The highest BCUT2D eigenvalue weighted by Gasteiger charge is 1.96. The second-order valence-corrected chi connectivity index (χ2v) is 5.58. The Kier molecular flexibility index (Phi) is 14.5. The van der Waals surface area contributed by atoms with Gasteiger partial charge in [-0.05, 0) is 25.7 Å². The number of unbranched alkanes of at least 4 members (excludes halogenated alkanes) is 7. The van der Waals surface area contributed by atoms with E-state index < -0.39 is 5.97 Å². The monoisotopic (exact) mass is 296 g/mol. The average Bonchev–Trinajstić information content (AvgIpc) is 2.44. The van der Waals surface area contributed by atoms with E-state index >= 15 is 0 Å². The minimum Gasteiger partial charge on any atom is -0.481 e. The van der Waals surface area contributed by atoms with E-state index in [1.54, 1.807) is 0 Å². The van der Waals surface area contributed by atoms with E-state index in [4.69, 9.17) is 5.11 Å². The normalized spacial score (nSPS) is 13.2. The molecule has 1 atom stereocenters. The van der Waals surface area contributed by atoms with Crippen molar-refractivity contribution in [3.63, 3.8) is 0 Å². The Labute approximate surface area is 129 Å². The summed E-state index contributed by atoms with van der Waals surface area (Å²) in [5, 5.41) is 18.0. The maximum atomic E-state index is 10.3. The number of rotatable bonds is 14. The van der Waals surface area contributed by atoms with E-state index in [0.29, 0.717) is 6.42 Å². The smallest absolute Gasteiger partial charge is 0.303 e. The van der Waals surface area contributed by atoms with Gasteiger partial charge in [0.1, 0.15) is 0 Å². The molecule has 0 aromatic carbocycles. The summed E-state index contributed by atoms with van der Waals surface area (Å²) < 4.78 is 0. The number of carboxylic acids is 1. The van der Waals surface area contributed by atoms with Crippen molar-refractivity contribution in [3.8, 4) is 0 Å². The van der Waals surface area contributed by atoms with Gasteiger partial charge in [0, 0.05) is 6.42 Å². The van der Waals surface area contributed by atoms with Crippen molar-refractivity contribution in [2.75, 3.05) is 0 Å². The Morgan fingerprint density at radius 2 is 1.62 bits per heavy atom. The topological polar surface area (TPSA) is 57.5 Å². The van der Waals surface area contributed by atoms with Crippen LogP contribution >= 0.6 is 0 Å². The van der Waals surface area contributed by atoms with E-state index in [1.807, 2.05) is 18.2 Å². The molecule has 0 spiro atoms. The number of allylic oxidation sites excluding steroid dienone is 3. The van der Waals surface area contributed by atoms with Crippen molar-refractivity contribution < 1.29 is 15.0 Å². The molecule has 0 aliphatic carbocycles. The first-order chi connectivity index (χ1) is 10.2. The Balaban J connectivity index is 3.26. The van der Waals surface area contributed by atoms with Gasteiger partial charge >= 0.3 is 5.97 Å². The lowest BCUT2D eigenvalue weighted by Crippen LogP contribution is -1.99. The summed E-state index contributed by atoms with van der Waals surface area (Å²) in [4.78, 5) is 10.3. The molecular weight excluding hydrogens is 264 g/mol. The summed E-state index contributed by atoms with van der Waals surface area (Å²) in [7, 11) is 0. The van der Waals surface area contributed by atoms with Crippen LogP contribution in [-0.2, 0) is 4.79 Å². The second-order valence-electron chi connectivity index (χ2n) is 5.58. The zero-order valence-corrected chi connectivity index (χ0v) is 13.5. The number of hydrogen-bond donors (Lipinski definition) is 2. The Morgan fingerprint density at radius 3 is 2.24 bits per heavy atom. The van der Waals surface area contributed by atoms with E-state index in [9.17, 15) is 9.90 Å². The van der Waals surface area contributed by atoms with Gasteiger partial charge in [-0.15, -0.1) is 0 Å². The van der Waals surface area contributed by atoms with Crippen molar-refractivity contribution >= 4 is 5.97 Å². The zero-order chi connectivity index (χ0) is 15.8. The second kappa shape index (κ2) is 15.3. The Morgan fingerprint density at radius 1 is 1.00 bits per heavy atom. The predicted molar refractivity (Wildman–Crippen MR) is 88.4 cm³/mol. The van der Waals surface area contributed by atoms with Gasteiger partial charge in [-0.3, -0.25) is 4.79 Å². The highest BCUT2D eigenvalue weighted by Crippen LogP contribution is 2.10. The fourth-order valence-corrected chi connectivity index (χ4v) is 2.18. The van der Waals surface area contributed by atoms with Crippen LogP contribution in [0, 0.1) is 0 Å². The van der Waals surface area contributed by atoms with Gasteiger partial charge in [0.25, 0.3) is 0 Å². The summed E-state index contributed by atoms with van der Waals surface area (Å²) in [6.07, 6.45) is 18.8. The van der Waals surface area contributed by atoms with Gasteiger partial charge in [0.15, 0.2) is 0 Å². The summed E-state index contributed by atoms with van der Waals surface area (Å²) in [5.74, 6) is -0.682. The Hall–Kier alpha value is -1.09. The molecule has 0 saturated heterocycles. The van der Waals surface area contributed by atoms with Crippen LogP contribution in [0.4, 0.5) is 0 Å². The first-order valence-electron chi connectivity index (χ1n) is 8.40. The predicted octanol–water partition coefficient (Wildman–Crippen LogP) is 4.86. The molecule has 2 N–H and O–H groups in total. The van der Waals surface area contributed by atoms with Crippen molar-refractivity contribution in [2.45, 2.75) is 83.7 Å². The van der Waals surface area contributed by atoms with Crippen LogP contribution in [0.15, 0.2) is 24.3 Å². The number of aliphatic hydroxyl groups is 1. The largest absolute Gasteiger partial charge is 0.481 e. The quantitative estimate of drug-likeness (QED) is 0.355. The van der Waals surface area contributed by atoms with Crippen molar-refractivity contribution in [2.24, 2.45) is 0 Å². The van der Waals surface area contributed by atoms with Gasteiger partial charge < -0.3 is 10.2 Å². The SMILES string of the molecule is CCC[C@H](O)/C=C\C=C\CCCCCCCCCC(=O)O. The molecule has 0 rings (SSSR count). The molecule has 3 heteroatoms. The number of carboxylic acid groups (broad SMARTS) is 1. The maximum absolute atomic E-state index is 10.3. The van der Waals surface area contributed by atoms with Crippen LogP contribution in [0.1, 0.15) is 77.6 Å². The van der Waals surface area contributed by atoms with Crippen molar-refractivity contribution in [1.82, 2.24) is 0 Å². The molecular formula is C18H32O3. The number of aliphatic carboxylic acids is 1. The van der Waals surface area contributed by atoms with Crippen LogP contribution in [0.5, 0.6) is 0 Å². The number of hydrogen-bond acceptors (Lipinski definition) is 2. The lowest BCUT2D eigenvalue weighted by Gasteiger charge is -2.00. The van der Waals surface area contributed by atoms with Gasteiger partial charge in [0.05, 0.1) is 6.10 Å². The van der Waals surface area contributed by atoms with Crippen LogP contribution in [0.2, 0.25) is 0 Å². The van der Waals surface area contributed by atoms with Gasteiger partial charge in [0.2, 0.25) is 0 Å². The highest BCUT2D eigenvalue weighted by molar-refractivity contribution is 5.66. The molecule has 0 aromatic rings. The molecule has 0 amide bonds. The lowest BCUT2D eigenvalue weighted by atomic mass is 10.1. The fourth-order valence-electron chi connectivity index (χ4n) is 2.18. The lowest BCUT2D eigenvalue weighted by molar-refractivity contribution is -0.137. The van der Waals surface area contributed by atoms with Crippen molar-refractivity contribution in [1.29, 1.82) is 0 Å². The van der Waals surface area contributed by atoms with Crippen LogP contribution in [0.3, 0.4) is 0 Å². The molecule has 0 aliphatic rings. The molecule has 0 heterocycles. The first-order valence-corrected chi connectivity index (χ1v) is 8.40. The van der Waals surface area contributed by atoms with Crippen molar-refractivity contribution in [3.05, 3.63) is 24.3 Å². The van der Waals surface area contributed by atoms with E-state index in [0.717, 1.165) is 38.5 Å². The van der Waals surface area contributed by atoms with Crippen LogP contribution < -0.4 is 0 Å². The third-order valence-corrected chi connectivity index (χ3v) is 3.43. The maximum Gasteiger partial charge on any atom is 0.303 e. The molecule has 0 fully saturated rings. The molecule has 0 unspecified atom stereocenters. The fraction of sp³-hybridized carbons (Fsp3) is 0.722. The van der Waals surface area contributed by atoms with Gasteiger partial charge in [-0.2, -0.15) is 0 Å².